The summed E-state index contributed by atoms with van der Waals surface area (Å²) in [6.07, 6.45) is 3.78. The lowest BCUT2D eigenvalue weighted by atomic mass is 10.1. The molecule has 0 saturated carbocycles. The Morgan fingerprint density at radius 1 is 1.00 bits per heavy atom. The van der Waals surface area contributed by atoms with Crippen LogP contribution in [0, 0.1) is 13.8 Å². The van der Waals surface area contributed by atoms with Crippen LogP contribution < -0.4 is 10.6 Å². The van der Waals surface area contributed by atoms with E-state index in [1.807, 2.05) is 42.5 Å². The van der Waals surface area contributed by atoms with Crippen molar-refractivity contribution in [3.05, 3.63) is 82.1 Å². The van der Waals surface area contributed by atoms with Crippen LogP contribution in [0.15, 0.2) is 54.9 Å². The van der Waals surface area contributed by atoms with Crippen molar-refractivity contribution in [1.29, 1.82) is 0 Å². The summed E-state index contributed by atoms with van der Waals surface area (Å²) in [6.45, 7) is 4.65. The lowest BCUT2D eigenvalue weighted by molar-refractivity contribution is 0.0953. The molecule has 0 atom stereocenters. The summed E-state index contributed by atoms with van der Waals surface area (Å²) in [5, 5.41) is 6.72. The molecule has 5 nitrogen and oxygen atoms in total. The number of amides is 1. The third-order valence-corrected chi connectivity index (χ3v) is 4.54. The predicted octanol–water partition coefficient (Wildman–Crippen LogP) is 4.46. The Kier molecular flexibility index (Phi) is 6.04. The molecule has 0 aliphatic rings. The molecule has 2 aromatic carbocycles. The minimum Gasteiger partial charge on any atom is -0.352 e. The molecule has 1 heterocycles. The number of carbonyl (C=O) groups is 1. The van der Waals surface area contributed by atoms with Gasteiger partial charge in [0.1, 0.15) is 0 Å². The van der Waals surface area contributed by atoms with Crippen LogP contribution in [0.2, 0.25) is 5.02 Å². The van der Waals surface area contributed by atoms with Crippen LogP contribution in [-0.4, -0.2) is 22.4 Å². The molecule has 0 aliphatic carbocycles. The first kappa shape index (κ1) is 18.9. The van der Waals surface area contributed by atoms with Gasteiger partial charge in [0.05, 0.1) is 5.56 Å². The number of hydrogen-bond acceptors (Lipinski definition) is 4. The van der Waals surface area contributed by atoms with Gasteiger partial charge in [-0.05, 0) is 61.2 Å². The van der Waals surface area contributed by atoms with Crippen LogP contribution >= 0.6 is 11.6 Å². The van der Waals surface area contributed by atoms with Crippen molar-refractivity contribution in [2.45, 2.75) is 20.3 Å². The molecule has 1 amide bonds. The van der Waals surface area contributed by atoms with Gasteiger partial charge in [-0.2, -0.15) is 0 Å². The summed E-state index contributed by atoms with van der Waals surface area (Å²) in [4.78, 5) is 20.7. The number of nitrogens with zero attached hydrogens (tertiary/aromatic N) is 2. The first-order valence-electron chi connectivity index (χ1n) is 8.70. The van der Waals surface area contributed by atoms with E-state index < -0.39 is 0 Å². The minimum atomic E-state index is -0.193. The van der Waals surface area contributed by atoms with E-state index in [0.717, 1.165) is 17.7 Å². The van der Waals surface area contributed by atoms with E-state index in [9.17, 15) is 4.79 Å². The fourth-order valence-electron chi connectivity index (χ4n) is 2.53. The second-order valence-electron chi connectivity index (χ2n) is 6.35. The van der Waals surface area contributed by atoms with Gasteiger partial charge in [-0.15, -0.1) is 0 Å². The van der Waals surface area contributed by atoms with Gasteiger partial charge in [-0.25, -0.2) is 9.97 Å². The summed E-state index contributed by atoms with van der Waals surface area (Å²) >= 11 is 5.87. The van der Waals surface area contributed by atoms with Gasteiger partial charge in [0, 0.05) is 29.6 Å². The highest BCUT2D eigenvalue weighted by Gasteiger charge is 2.07. The van der Waals surface area contributed by atoms with Crippen LogP contribution in [0.1, 0.15) is 27.0 Å². The summed E-state index contributed by atoms with van der Waals surface area (Å²) in [5.74, 6) is 0.262. The molecule has 6 heteroatoms. The lowest BCUT2D eigenvalue weighted by Gasteiger charge is -2.08. The Morgan fingerprint density at radius 3 is 2.37 bits per heavy atom. The number of aryl methyl sites for hydroxylation is 2. The molecule has 0 aliphatic heterocycles. The minimum absolute atomic E-state index is 0.193. The average molecular weight is 381 g/mol. The topological polar surface area (TPSA) is 66.9 Å². The van der Waals surface area contributed by atoms with Crippen LogP contribution in [0.3, 0.4) is 0 Å². The molecule has 3 rings (SSSR count). The molecule has 0 unspecified atom stereocenters. The van der Waals surface area contributed by atoms with E-state index >= 15 is 0 Å². The van der Waals surface area contributed by atoms with Gasteiger partial charge < -0.3 is 10.6 Å². The second-order valence-corrected chi connectivity index (χ2v) is 6.79. The SMILES string of the molecule is Cc1ccc(Nc2ncc(C(=O)NCCc3ccc(Cl)cc3)cn2)cc1C. The molecule has 0 saturated heterocycles. The third-order valence-electron chi connectivity index (χ3n) is 4.29. The zero-order valence-corrected chi connectivity index (χ0v) is 16.0. The predicted molar refractivity (Wildman–Crippen MR) is 109 cm³/mol. The van der Waals surface area contributed by atoms with Crippen molar-refractivity contribution in [3.63, 3.8) is 0 Å². The third kappa shape index (κ3) is 5.28. The van der Waals surface area contributed by atoms with E-state index in [2.05, 4.69) is 34.4 Å². The maximum Gasteiger partial charge on any atom is 0.254 e. The highest BCUT2D eigenvalue weighted by atomic mass is 35.5. The Morgan fingerprint density at radius 2 is 1.70 bits per heavy atom. The molecular weight excluding hydrogens is 360 g/mol. The van der Waals surface area contributed by atoms with Gasteiger partial charge in [0.25, 0.3) is 5.91 Å². The molecule has 138 valence electrons. The highest BCUT2D eigenvalue weighted by molar-refractivity contribution is 6.30. The fourth-order valence-corrected chi connectivity index (χ4v) is 2.66. The summed E-state index contributed by atoms with van der Waals surface area (Å²) < 4.78 is 0. The molecule has 0 fully saturated rings. The zero-order chi connectivity index (χ0) is 19.2. The maximum absolute atomic E-state index is 12.2. The van der Waals surface area contributed by atoms with Gasteiger partial charge >= 0.3 is 0 Å². The maximum atomic E-state index is 12.2. The number of carbonyl (C=O) groups excluding carboxylic acids is 1. The van der Waals surface area contributed by atoms with Crippen molar-refractivity contribution in [3.8, 4) is 0 Å². The van der Waals surface area contributed by atoms with Crippen LogP contribution in [-0.2, 0) is 6.42 Å². The lowest BCUT2D eigenvalue weighted by Crippen LogP contribution is -2.26. The van der Waals surface area contributed by atoms with E-state index in [-0.39, 0.29) is 5.91 Å². The number of halogens is 1. The summed E-state index contributed by atoms with van der Waals surface area (Å²) in [6, 6.07) is 13.6. The van der Waals surface area contributed by atoms with Gasteiger partial charge in [0.15, 0.2) is 0 Å². The summed E-state index contributed by atoms with van der Waals surface area (Å²) in [7, 11) is 0. The van der Waals surface area contributed by atoms with Crippen LogP contribution in [0.4, 0.5) is 11.6 Å². The van der Waals surface area contributed by atoms with Gasteiger partial charge in [0.2, 0.25) is 5.95 Å². The quantitative estimate of drug-likeness (QED) is 0.662. The van der Waals surface area contributed by atoms with E-state index in [4.69, 9.17) is 11.6 Å². The normalized spacial score (nSPS) is 10.5. The molecule has 27 heavy (non-hydrogen) atoms. The molecule has 0 radical (unpaired) electrons. The largest absolute Gasteiger partial charge is 0.352 e. The van der Waals surface area contributed by atoms with E-state index in [0.29, 0.717) is 23.1 Å². The van der Waals surface area contributed by atoms with Gasteiger partial charge in [-0.1, -0.05) is 29.8 Å². The molecule has 3 aromatic rings. The Balaban J connectivity index is 1.53. The van der Waals surface area contributed by atoms with E-state index in [1.54, 1.807) is 0 Å². The van der Waals surface area contributed by atoms with Gasteiger partial charge in [-0.3, -0.25) is 4.79 Å². The average Bonchev–Trinajstić information content (AvgIpc) is 2.67. The summed E-state index contributed by atoms with van der Waals surface area (Å²) in [5.41, 5.74) is 4.88. The monoisotopic (exact) mass is 380 g/mol. The Hall–Kier alpha value is -2.92. The van der Waals surface area contributed by atoms with Crippen LogP contribution in [0.5, 0.6) is 0 Å². The molecule has 0 bridgehead atoms. The molecule has 2 N–H and O–H groups in total. The second kappa shape index (κ2) is 8.64. The molecule has 0 spiro atoms. The number of anilines is 2. The number of rotatable bonds is 6. The Labute approximate surface area is 163 Å². The zero-order valence-electron chi connectivity index (χ0n) is 15.3. The number of benzene rings is 2. The van der Waals surface area contributed by atoms with Crippen molar-refractivity contribution in [1.82, 2.24) is 15.3 Å². The number of aromatic nitrogens is 2. The van der Waals surface area contributed by atoms with E-state index in [1.165, 1.54) is 23.5 Å². The number of hydrogen-bond donors (Lipinski definition) is 2. The van der Waals surface area contributed by atoms with Crippen molar-refractivity contribution >= 4 is 29.1 Å². The van der Waals surface area contributed by atoms with Crippen molar-refractivity contribution < 1.29 is 4.79 Å². The first-order chi connectivity index (χ1) is 13.0. The Bertz CT molecular complexity index is 924. The van der Waals surface area contributed by atoms with Crippen molar-refractivity contribution in [2.75, 3.05) is 11.9 Å². The molecule has 1 aromatic heterocycles. The highest BCUT2D eigenvalue weighted by Crippen LogP contribution is 2.17. The smallest absolute Gasteiger partial charge is 0.254 e. The number of nitrogens with one attached hydrogen (secondary N) is 2. The first-order valence-corrected chi connectivity index (χ1v) is 9.08. The van der Waals surface area contributed by atoms with Crippen molar-refractivity contribution in [2.24, 2.45) is 0 Å². The fraction of sp³-hybridized carbons (Fsp3) is 0.190. The molecular formula is C21H21ClN4O. The standard InChI is InChI=1S/C21H21ClN4O/c1-14-3-8-19(11-15(14)2)26-21-24-12-17(13-25-21)20(27)23-10-9-16-4-6-18(22)7-5-16/h3-8,11-13H,9-10H2,1-2H3,(H,23,27)(H,24,25,26). The van der Waals surface area contributed by atoms with Crippen LogP contribution in [0.25, 0.3) is 0 Å².